The highest BCUT2D eigenvalue weighted by Crippen LogP contribution is 2.39. The molecule has 0 spiro atoms. The van der Waals surface area contributed by atoms with Gasteiger partial charge in [-0.3, -0.25) is 14.6 Å². The Morgan fingerprint density at radius 1 is 1.33 bits per heavy atom. The lowest BCUT2D eigenvalue weighted by molar-refractivity contribution is -0.139. The molecule has 1 saturated heterocycles. The Morgan fingerprint density at radius 3 is 2.95 bits per heavy atom. The van der Waals surface area contributed by atoms with E-state index in [-0.39, 0.29) is 12.6 Å². The van der Waals surface area contributed by atoms with Crippen molar-refractivity contribution in [3.63, 3.8) is 0 Å². The summed E-state index contributed by atoms with van der Waals surface area (Å²) in [6.07, 6.45) is 0. The number of hydrogen-bond acceptors (Lipinski definition) is 5. The van der Waals surface area contributed by atoms with E-state index in [4.69, 9.17) is 14.6 Å². The fraction of sp³-hybridized carbons (Fsp3) is 0.533. The maximum absolute atomic E-state index is 10.9. The number of piperazine rings is 1. The van der Waals surface area contributed by atoms with Gasteiger partial charge in [0.1, 0.15) is 13.2 Å². The molecule has 0 saturated carbocycles. The molecule has 2 heterocycles. The molecule has 6 heteroatoms. The van der Waals surface area contributed by atoms with Crippen LogP contribution in [0, 0.1) is 0 Å². The minimum absolute atomic E-state index is 0.0801. The van der Waals surface area contributed by atoms with Gasteiger partial charge in [-0.05, 0) is 13.1 Å². The molecule has 21 heavy (non-hydrogen) atoms. The van der Waals surface area contributed by atoms with Crippen molar-refractivity contribution in [1.82, 2.24) is 9.80 Å². The van der Waals surface area contributed by atoms with Crippen molar-refractivity contribution >= 4 is 5.97 Å². The van der Waals surface area contributed by atoms with Crippen LogP contribution in [0.5, 0.6) is 11.5 Å². The van der Waals surface area contributed by atoms with Crippen molar-refractivity contribution in [2.24, 2.45) is 0 Å². The molecule has 0 aliphatic carbocycles. The van der Waals surface area contributed by atoms with E-state index in [9.17, 15) is 4.79 Å². The number of likely N-dealkylation sites (N-methyl/N-ethyl adjacent to an activating group) is 1. The van der Waals surface area contributed by atoms with Gasteiger partial charge in [-0.25, -0.2) is 0 Å². The van der Waals surface area contributed by atoms with Crippen molar-refractivity contribution in [3.05, 3.63) is 23.8 Å². The molecule has 1 aromatic carbocycles. The first-order valence-corrected chi connectivity index (χ1v) is 7.18. The second-order valence-corrected chi connectivity index (χ2v) is 5.50. The van der Waals surface area contributed by atoms with Crippen LogP contribution < -0.4 is 9.47 Å². The van der Waals surface area contributed by atoms with E-state index in [0.717, 1.165) is 30.2 Å². The van der Waals surface area contributed by atoms with Crippen LogP contribution in [0.4, 0.5) is 0 Å². The fourth-order valence-electron chi connectivity index (χ4n) is 2.96. The van der Waals surface area contributed by atoms with Crippen LogP contribution in [0.15, 0.2) is 18.2 Å². The van der Waals surface area contributed by atoms with E-state index in [1.54, 1.807) is 0 Å². The monoisotopic (exact) mass is 292 g/mol. The SMILES string of the molecule is CN1CCN(CC(=O)O)CC1c1cccc2c1OCCO2. The molecule has 0 aromatic heterocycles. The van der Waals surface area contributed by atoms with Crippen LogP contribution in [-0.2, 0) is 4.79 Å². The largest absolute Gasteiger partial charge is 0.486 e. The molecule has 1 atom stereocenters. The van der Waals surface area contributed by atoms with Gasteiger partial charge in [-0.2, -0.15) is 0 Å². The molecular formula is C15H20N2O4. The van der Waals surface area contributed by atoms with Gasteiger partial charge in [-0.15, -0.1) is 0 Å². The lowest BCUT2D eigenvalue weighted by Crippen LogP contribution is -2.48. The summed E-state index contributed by atoms with van der Waals surface area (Å²) in [4.78, 5) is 15.1. The fourth-order valence-corrected chi connectivity index (χ4v) is 2.96. The number of carbonyl (C=O) groups is 1. The summed E-state index contributed by atoms with van der Waals surface area (Å²) in [5, 5.41) is 8.98. The molecule has 2 aliphatic heterocycles. The summed E-state index contributed by atoms with van der Waals surface area (Å²) in [7, 11) is 2.06. The van der Waals surface area contributed by atoms with Crippen LogP contribution in [-0.4, -0.2) is 67.3 Å². The van der Waals surface area contributed by atoms with E-state index in [1.807, 2.05) is 23.1 Å². The Hall–Kier alpha value is -1.79. The summed E-state index contributed by atoms with van der Waals surface area (Å²) < 4.78 is 11.4. The van der Waals surface area contributed by atoms with Gasteiger partial charge in [0.15, 0.2) is 11.5 Å². The molecule has 0 radical (unpaired) electrons. The molecule has 0 amide bonds. The zero-order chi connectivity index (χ0) is 14.8. The Bertz CT molecular complexity index is 534. The van der Waals surface area contributed by atoms with Crippen molar-refractivity contribution in [1.29, 1.82) is 0 Å². The first kappa shape index (κ1) is 14.2. The maximum Gasteiger partial charge on any atom is 0.317 e. The summed E-state index contributed by atoms with van der Waals surface area (Å²) in [6.45, 7) is 3.49. The Kier molecular flexibility index (Phi) is 3.98. The molecule has 2 aliphatic rings. The molecule has 3 rings (SSSR count). The minimum atomic E-state index is -0.784. The third kappa shape index (κ3) is 2.96. The first-order valence-electron chi connectivity index (χ1n) is 7.18. The van der Waals surface area contributed by atoms with E-state index in [0.29, 0.717) is 19.8 Å². The van der Waals surface area contributed by atoms with Gasteiger partial charge in [0.05, 0.1) is 12.6 Å². The molecule has 1 N–H and O–H groups in total. The maximum atomic E-state index is 10.9. The number of carboxylic acids is 1. The van der Waals surface area contributed by atoms with Gasteiger partial charge >= 0.3 is 5.97 Å². The van der Waals surface area contributed by atoms with Gasteiger partial charge in [0.2, 0.25) is 0 Å². The number of rotatable bonds is 3. The predicted molar refractivity (Wildman–Crippen MR) is 76.9 cm³/mol. The number of nitrogens with zero attached hydrogens (tertiary/aromatic N) is 2. The van der Waals surface area contributed by atoms with Gasteiger partial charge < -0.3 is 14.6 Å². The number of para-hydroxylation sites is 1. The van der Waals surface area contributed by atoms with Crippen LogP contribution >= 0.6 is 0 Å². The Morgan fingerprint density at radius 2 is 2.14 bits per heavy atom. The Labute approximate surface area is 123 Å². The van der Waals surface area contributed by atoms with E-state index in [2.05, 4.69) is 11.9 Å². The molecule has 114 valence electrons. The van der Waals surface area contributed by atoms with Crippen LogP contribution in [0.1, 0.15) is 11.6 Å². The minimum Gasteiger partial charge on any atom is -0.486 e. The standard InChI is InChI=1S/C15H20N2O4/c1-16-5-6-17(10-14(18)19)9-12(16)11-3-2-4-13-15(11)21-8-7-20-13/h2-4,12H,5-10H2,1H3,(H,18,19). The normalized spacial score (nSPS) is 23.0. The van der Waals surface area contributed by atoms with Crippen LogP contribution in [0.25, 0.3) is 0 Å². The smallest absolute Gasteiger partial charge is 0.317 e. The molecule has 0 bridgehead atoms. The highest BCUT2D eigenvalue weighted by atomic mass is 16.6. The zero-order valence-corrected chi connectivity index (χ0v) is 12.1. The van der Waals surface area contributed by atoms with Crippen molar-refractivity contribution in [3.8, 4) is 11.5 Å². The number of benzene rings is 1. The van der Waals surface area contributed by atoms with E-state index >= 15 is 0 Å². The molecule has 1 unspecified atom stereocenters. The first-order chi connectivity index (χ1) is 10.1. The van der Waals surface area contributed by atoms with Crippen molar-refractivity contribution in [2.75, 3.05) is 46.4 Å². The highest BCUT2D eigenvalue weighted by Gasteiger charge is 2.30. The summed E-state index contributed by atoms with van der Waals surface area (Å²) in [5.74, 6) is 0.799. The molecule has 1 fully saturated rings. The zero-order valence-electron chi connectivity index (χ0n) is 12.1. The molecule has 1 aromatic rings. The lowest BCUT2D eigenvalue weighted by Gasteiger charge is -2.40. The van der Waals surface area contributed by atoms with Crippen molar-refractivity contribution < 1.29 is 19.4 Å². The topological polar surface area (TPSA) is 62.2 Å². The van der Waals surface area contributed by atoms with E-state index < -0.39 is 5.97 Å². The average molecular weight is 292 g/mol. The van der Waals surface area contributed by atoms with Gasteiger partial charge in [-0.1, -0.05) is 12.1 Å². The second kappa shape index (κ2) is 5.91. The Balaban J connectivity index is 1.85. The highest BCUT2D eigenvalue weighted by molar-refractivity contribution is 5.69. The quantitative estimate of drug-likeness (QED) is 0.890. The number of ether oxygens (including phenoxy) is 2. The average Bonchev–Trinajstić information content (AvgIpc) is 2.48. The second-order valence-electron chi connectivity index (χ2n) is 5.50. The third-order valence-corrected chi connectivity index (χ3v) is 4.05. The van der Waals surface area contributed by atoms with Crippen LogP contribution in [0.3, 0.4) is 0 Å². The number of fused-ring (bicyclic) bond motifs is 1. The predicted octanol–water partition coefficient (Wildman–Crippen LogP) is 0.831. The summed E-state index contributed by atoms with van der Waals surface area (Å²) in [6, 6.07) is 6.04. The van der Waals surface area contributed by atoms with Crippen molar-refractivity contribution in [2.45, 2.75) is 6.04 Å². The van der Waals surface area contributed by atoms with Gasteiger partial charge in [0.25, 0.3) is 0 Å². The summed E-state index contributed by atoms with van der Waals surface area (Å²) in [5.41, 5.74) is 1.07. The third-order valence-electron chi connectivity index (χ3n) is 4.05. The number of hydrogen-bond donors (Lipinski definition) is 1. The lowest BCUT2D eigenvalue weighted by atomic mass is 10.0. The van der Waals surface area contributed by atoms with E-state index in [1.165, 1.54) is 0 Å². The number of carboxylic acid groups (broad SMARTS) is 1. The molecular weight excluding hydrogens is 272 g/mol. The summed E-state index contributed by atoms with van der Waals surface area (Å²) >= 11 is 0. The van der Waals surface area contributed by atoms with Gasteiger partial charge in [0, 0.05) is 25.2 Å². The molecule has 6 nitrogen and oxygen atoms in total. The van der Waals surface area contributed by atoms with Crippen LogP contribution in [0.2, 0.25) is 0 Å². The number of aliphatic carboxylic acids is 1.